The van der Waals surface area contributed by atoms with Gasteiger partial charge < -0.3 is 10.5 Å². The molecule has 2 N–H and O–H groups in total. The van der Waals surface area contributed by atoms with Crippen LogP contribution in [0.3, 0.4) is 0 Å². The summed E-state index contributed by atoms with van der Waals surface area (Å²) in [5.41, 5.74) is 6.79. The van der Waals surface area contributed by atoms with Crippen molar-refractivity contribution in [2.24, 2.45) is 5.73 Å². The van der Waals surface area contributed by atoms with Crippen LogP contribution in [-0.2, 0) is 0 Å². The molecule has 1 aromatic carbocycles. The topological polar surface area (TPSA) is 35.2 Å². The molecule has 0 saturated carbocycles. The normalized spacial score (nSPS) is 13.7. The highest BCUT2D eigenvalue weighted by Gasteiger charge is 2.21. The van der Waals surface area contributed by atoms with Crippen molar-refractivity contribution in [3.8, 4) is 5.75 Å². The molecule has 0 aromatic heterocycles. The van der Waals surface area contributed by atoms with Gasteiger partial charge in [-0.3, -0.25) is 0 Å². The third-order valence-electron chi connectivity index (χ3n) is 2.20. The Morgan fingerprint density at radius 1 is 1.40 bits per heavy atom. The molecule has 0 bridgehead atoms. The lowest BCUT2D eigenvalue weighted by Gasteiger charge is -2.28. The van der Waals surface area contributed by atoms with Crippen molar-refractivity contribution in [3.05, 3.63) is 29.8 Å². The van der Waals surface area contributed by atoms with E-state index in [2.05, 4.69) is 26.8 Å². The first-order valence-electron chi connectivity index (χ1n) is 5.40. The van der Waals surface area contributed by atoms with E-state index in [1.165, 1.54) is 5.56 Å². The monoisotopic (exact) mass is 207 g/mol. The van der Waals surface area contributed by atoms with Gasteiger partial charge >= 0.3 is 0 Å². The fourth-order valence-electron chi connectivity index (χ4n) is 1.81. The van der Waals surface area contributed by atoms with E-state index in [0.29, 0.717) is 0 Å². The molecule has 0 spiro atoms. The van der Waals surface area contributed by atoms with E-state index in [9.17, 15) is 0 Å². The van der Waals surface area contributed by atoms with Gasteiger partial charge in [0.15, 0.2) is 0 Å². The van der Waals surface area contributed by atoms with E-state index in [1.54, 1.807) is 0 Å². The molecule has 0 aliphatic carbocycles. The lowest BCUT2D eigenvalue weighted by Crippen LogP contribution is -2.35. The second-order valence-corrected chi connectivity index (χ2v) is 4.86. The molecule has 0 fully saturated rings. The van der Waals surface area contributed by atoms with E-state index >= 15 is 0 Å². The second kappa shape index (κ2) is 4.67. The minimum Gasteiger partial charge on any atom is -0.488 e. The molecule has 0 aliphatic heterocycles. The van der Waals surface area contributed by atoms with E-state index in [1.807, 2.05) is 25.1 Å². The highest BCUT2D eigenvalue weighted by molar-refractivity contribution is 5.27. The number of nitrogens with two attached hydrogens (primary N) is 1. The maximum atomic E-state index is 5.91. The molecule has 0 saturated heterocycles. The third-order valence-corrected chi connectivity index (χ3v) is 2.20. The lowest BCUT2D eigenvalue weighted by atomic mass is 10.0. The van der Waals surface area contributed by atoms with Gasteiger partial charge in [-0.15, -0.1) is 0 Å². The predicted molar refractivity (Wildman–Crippen MR) is 64.2 cm³/mol. The van der Waals surface area contributed by atoms with Gasteiger partial charge in [-0.1, -0.05) is 12.1 Å². The summed E-state index contributed by atoms with van der Waals surface area (Å²) in [6, 6.07) is 8.25. The second-order valence-electron chi connectivity index (χ2n) is 4.86. The van der Waals surface area contributed by atoms with Crippen molar-refractivity contribution in [1.29, 1.82) is 0 Å². The van der Waals surface area contributed by atoms with Gasteiger partial charge in [-0.2, -0.15) is 0 Å². The van der Waals surface area contributed by atoms with Gasteiger partial charge in [-0.25, -0.2) is 0 Å². The minimum atomic E-state index is -0.206. The van der Waals surface area contributed by atoms with E-state index < -0.39 is 0 Å². The van der Waals surface area contributed by atoms with Crippen LogP contribution in [0.1, 0.15) is 32.8 Å². The lowest BCUT2D eigenvalue weighted by molar-refractivity contribution is 0.0933. The molecular weight excluding hydrogens is 186 g/mol. The smallest absolute Gasteiger partial charge is 0.120 e. The van der Waals surface area contributed by atoms with Crippen molar-refractivity contribution in [1.82, 2.24) is 0 Å². The van der Waals surface area contributed by atoms with Crippen LogP contribution in [0.5, 0.6) is 5.75 Å². The van der Waals surface area contributed by atoms with E-state index in [0.717, 1.165) is 12.2 Å². The fourth-order valence-corrected chi connectivity index (χ4v) is 1.81. The first kappa shape index (κ1) is 12.1. The van der Waals surface area contributed by atoms with Crippen LogP contribution < -0.4 is 10.5 Å². The zero-order valence-corrected chi connectivity index (χ0v) is 10.1. The summed E-state index contributed by atoms with van der Waals surface area (Å²) in [5, 5.41) is 0. The Morgan fingerprint density at radius 2 is 2.07 bits per heavy atom. The summed E-state index contributed by atoms with van der Waals surface area (Å²) in [6.07, 6.45) is 0.848. The van der Waals surface area contributed by atoms with Crippen molar-refractivity contribution in [3.63, 3.8) is 0 Å². The van der Waals surface area contributed by atoms with Gasteiger partial charge in [0.1, 0.15) is 11.4 Å². The molecule has 2 heteroatoms. The summed E-state index contributed by atoms with van der Waals surface area (Å²) in [6.45, 7) is 8.20. The largest absolute Gasteiger partial charge is 0.488 e. The molecule has 0 amide bonds. The standard InChI is InChI=1S/C13H21NO/c1-10-6-5-7-12(8-10)15-13(3,4)9-11(2)14/h5-8,11H,9,14H2,1-4H3. The molecule has 1 atom stereocenters. The molecule has 0 radical (unpaired) electrons. The van der Waals surface area contributed by atoms with E-state index in [-0.39, 0.29) is 11.6 Å². The molecule has 15 heavy (non-hydrogen) atoms. The number of ether oxygens (including phenoxy) is 1. The number of hydrogen-bond acceptors (Lipinski definition) is 2. The first-order chi connectivity index (χ1) is 6.89. The maximum absolute atomic E-state index is 5.91. The van der Waals surface area contributed by atoms with E-state index in [4.69, 9.17) is 10.5 Å². The number of benzene rings is 1. The molecule has 0 heterocycles. The first-order valence-corrected chi connectivity index (χ1v) is 5.40. The average molecular weight is 207 g/mol. The summed E-state index contributed by atoms with van der Waals surface area (Å²) < 4.78 is 5.91. The third kappa shape index (κ3) is 4.34. The van der Waals surface area contributed by atoms with Crippen LogP contribution in [0.25, 0.3) is 0 Å². The van der Waals surface area contributed by atoms with Crippen molar-refractivity contribution in [2.45, 2.75) is 45.8 Å². The SMILES string of the molecule is Cc1cccc(OC(C)(C)CC(C)N)c1. The maximum Gasteiger partial charge on any atom is 0.120 e. The van der Waals surface area contributed by atoms with Crippen LogP contribution >= 0.6 is 0 Å². The Kier molecular flexibility index (Phi) is 3.75. The summed E-state index contributed by atoms with van der Waals surface area (Å²) in [4.78, 5) is 0. The highest BCUT2D eigenvalue weighted by Crippen LogP contribution is 2.22. The quantitative estimate of drug-likeness (QED) is 0.824. The summed E-state index contributed by atoms with van der Waals surface area (Å²) in [5.74, 6) is 0.917. The van der Waals surface area contributed by atoms with Gasteiger partial charge in [0.25, 0.3) is 0 Å². The molecule has 1 rings (SSSR count). The molecule has 84 valence electrons. The molecular formula is C13H21NO. The molecule has 0 aliphatic rings. The van der Waals surface area contributed by atoms with Crippen LogP contribution in [0.15, 0.2) is 24.3 Å². The van der Waals surface area contributed by atoms with Gasteiger partial charge in [0, 0.05) is 12.5 Å². The summed E-state index contributed by atoms with van der Waals surface area (Å²) in [7, 11) is 0. The van der Waals surface area contributed by atoms with Crippen LogP contribution in [-0.4, -0.2) is 11.6 Å². The average Bonchev–Trinajstić information content (AvgIpc) is 1.99. The zero-order chi connectivity index (χ0) is 11.5. The summed E-state index contributed by atoms with van der Waals surface area (Å²) >= 11 is 0. The molecule has 1 unspecified atom stereocenters. The number of rotatable bonds is 4. The minimum absolute atomic E-state index is 0.157. The molecule has 2 nitrogen and oxygen atoms in total. The Balaban J connectivity index is 2.68. The fraction of sp³-hybridized carbons (Fsp3) is 0.538. The van der Waals surface area contributed by atoms with Crippen molar-refractivity contribution in [2.75, 3.05) is 0 Å². The Labute approximate surface area is 92.4 Å². The Hall–Kier alpha value is -1.02. The van der Waals surface area contributed by atoms with Gasteiger partial charge in [-0.05, 0) is 45.4 Å². The van der Waals surface area contributed by atoms with Crippen molar-refractivity contribution < 1.29 is 4.74 Å². The number of hydrogen-bond donors (Lipinski definition) is 1. The van der Waals surface area contributed by atoms with Gasteiger partial charge in [0.2, 0.25) is 0 Å². The molecule has 1 aromatic rings. The van der Waals surface area contributed by atoms with Crippen LogP contribution in [0.4, 0.5) is 0 Å². The Morgan fingerprint density at radius 3 is 2.60 bits per heavy atom. The zero-order valence-electron chi connectivity index (χ0n) is 10.1. The Bertz CT molecular complexity index is 318. The van der Waals surface area contributed by atoms with Crippen LogP contribution in [0.2, 0.25) is 0 Å². The highest BCUT2D eigenvalue weighted by atomic mass is 16.5. The van der Waals surface area contributed by atoms with Crippen molar-refractivity contribution >= 4 is 0 Å². The number of aryl methyl sites for hydroxylation is 1. The predicted octanol–water partition coefficient (Wildman–Crippen LogP) is 2.89. The van der Waals surface area contributed by atoms with Gasteiger partial charge in [0.05, 0.1) is 0 Å². The van der Waals surface area contributed by atoms with Crippen LogP contribution in [0, 0.1) is 6.92 Å².